The van der Waals surface area contributed by atoms with E-state index in [0.29, 0.717) is 0 Å². The molecule has 0 amide bonds. The van der Waals surface area contributed by atoms with Crippen LogP contribution < -0.4 is 5.32 Å². The fourth-order valence-corrected chi connectivity index (χ4v) is 1.56. The van der Waals surface area contributed by atoms with Gasteiger partial charge in [0.2, 0.25) is 0 Å². The lowest BCUT2D eigenvalue weighted by atomic mass is 10.1. The van der Waals surface area contributed by atoms with E-state index in [9.17, 15) is 18.9 Å². The summed E-state index contributed by atoms with van der Waals surface area (Å²) in [7, 11) is 0. The van der Waals surface area contributed by atoms with Crippen LogP contribution in [0.2, 0.25) is 5.02 Å². The highest BCUT2D eigenvalue weighted by Gasteiger charge is 2.27. The van der Waals surface area contributed by atoms with Crippen molar-refractivity contribution in [3.8, 4) is 0 Å². The van der Waals surface area contributed by atoms with Crippen molar-refractivity contribution in [2.45, 2.75) is 12.5 Å². The summed E-state index contributed by atoms with van der Waals surface area (Å²) in [6.07, 6.45) is 0. The molecule has 0 aliphatic carbocycles. The molecule has 0 bridgehead atoms. The average Bonchev–Trinajstić information content (AvgIpc) is 2.30. The molecule has 0 aliphatic heterocycles. The molecule has 0 saturated carbocycles. The molecule has 0 saturated heterocycles. The van der Waals surface area contributed by atoms with E-state index in [0.717, 1.165) is 0 Å². The van der Waals surface area contributed by atoms with Crippen LogP contribution in [-0.2, 0) is 6.54 Å². The predicted octanol–water partition coefficient (Wildman–Crippen LogP) is 1.97. The Labute approximate surface area is 107 Å². The first-order chi connectivity index (χ1) is 8.37. The maximum absolute atomic E-state index is 12.7. The van der Waals surface area contributed by atoms with Gasteiger partial charge in [-0.05, 0) is 6.07 Å². The smallest absolute Gasteiger partial charge is 0.282 e. The summed E-state index contributed by atoms with van der Waals surface area (Å²) >= 11 is 5.78. The molecular weight excluding hydrogens is 270 g/mol. The Morgan fingerprint density at radius 2 is 2.17 bits per heavy atom. The summed E-state index contributed by atoms with van der Waals surface area (Å²) in [6, 6.07) is 4.09. The normalized spacial score (nSPS) is 11.6. The zero-order valence-electron chi connectivity index (χ0n) is 9.20. The molecule has 1 aromatic rings. The summed E-state index contributed by atoms with van der Waals surface area (Å²) in [5.41, 5.74) is -0.0970. The molecule has 0 heterocycles. The van der Waals surface area contributed by atoms with Crippen LogP contribution >= 0.6 is 11.6 Å². The van der Waals surface area contributed by atoms with E-state index in [1.54, 1.807) is 0 Å². The maximum Gasteiger partial charge on any atom is 0.282 e. The van der Waals surface area contributed by atoms with Gasteiger partial charge in [0, 0.05) is 12.6 Å². The largest absolute Gasteiger partial charge is 0.390 e. The van der Waals surface area contributed by atoms with Gasteiger partial charge in [-0.2, -0.15) is 0 Å². The van der Waals surface area contributed by atoms with Gasteiger partial charge in [0.05, 0.1) is 22.1 Å². The van der Waals surface area contributed by atoms with E-state index < -0.39 is 24.0 Å². The Morgan fingerprint density at radius 1 is 1.50 bits per heavy atom. The van der Waals surface area contributed by atoms with Gasteiger partial charge in [0.15, 0.2) is 0 Å². The van der Waals surface area contributed by atoms with Crippen molar-refractivity contribution in [2.75, 3.05) is 13.2 Å². The second kappa shape index (κ2) is 6.03. The Balaban J connectivity index is 2.76. The lowest BCUT2D eigenvalue weighted by molar-refractivity contribution is -0.385. The summed E-state index contributed by atoms with van der Waals surface area (Å²) in [5, 5.41) is 21.5. The van der Waals surface area contributed by atoms with Crippen LogP contribution in [0.5, 0.6) is 0 Å². The molecule has 18 heavy (non-hydrogen) atoms. The van der Waals surface area contributed by atoms with E-state index in [1.807, 2.05) is 0 Å². The second-order valence-corrected chi connectivity index (χ2v) is 4.02. The van der Waals surface area contributed by atoms with Gasteiger partial charge in [-0.15, -0.1) is 0 Å². The molecule has 0 atom stereocenters. The van der Waals surface area contributed by atoms with Crippen molar-refractivity contribution in [1.29, 1.82) is 0 Å². The van der Waals surface area contributed by atoms with Crippen molar-refractivity contribution in [2.24, 2.45) is 0 Å². The van der Waals surface area contributed by atoms with E-state index in [1.165, 1.54) is 18.2 Å². The number of nitrogens with zero attached hydrogens (tertiary/aromatic N) is 1. The first kappa shape index (κ1) is 14.7. The van der Waals surface area contributed by atoms with Crippen LogP contribution in [0.4, 0.5) is 14.5 Å². The number of aliphatic hydroxyl groups excluding tert-OH is 1. The van der Waals surface area contributed by atoms with E-state index >= 15 is 0 Å². The molecule has 0 radical (unpaired) electrons. The van der Waals surface area contributed by atoms with E-state index in [2.05, 4.69) is 5.32 Å². The van der Waals surface area contributed by atoms with Crippen molar-refractivity contribution >= 4 is 17.3 Å². The SMILES string of the molecule is O=[N+]([O-])c1cccc(Cl)c1CNCC(F)(F)CO. The van der Waals surface area contributed by atoms with Gasteiger partial charge < -0.3 is 10.4 Å². The van der Waals surface area contributed by atoms with E-state index in [4.69, 9.17) is 16.7 Å². The molecule has 0 aliphatic rings. The Kier molecular flexibility index (Phi) is 4.94. The van der Waals surface area contributed by atoms with Crippen LogP contribution in [0.3, 0.4) is 0 Å². The zero-order chi connectivity index (χ0) is 13.8. The Morgan fingerprint density at radius 3 is 2.72 bits per heavy atom. The number of halogens is 3. The molecule has 0 unspecified atom stereocenters. The van der Waals surface area contributed by atoms with Gasteiger partial charge >= 0.3 is 0 Å². The van der Waals surface area contributed by atoms with Gasteiger partial charge in [0.25, 0.3) is 11.6 Å². The highest BCUT2D eigenvalue weighted by atomic mass is 35.5. The number of benzene rings is 1. The van der Waals surface area contributed by atoms with E-state index in [-0.39, 0.29) is 22.8 Å². The van der Waals surface area contributed by atoms with Crippen LogP contribution in [-0.4, -0.2) is 29.1 Å². The quantitative estimate of drug-likeness (QED) is 0.617. The standard InChI is InChI=1S/C10H11ClF2N2O3/c11-8-2-1-3-9(15(17)18)7(8)4-14-5-10(12,13)6-16/h1-3,14,16H,4-6H2. The number of hydrogen-bond donors (Lipinski definition) is 2. The predicted molar refractivity (Wildman–Crippen MR) is 61.8 cm³/mol. The monoisotopic (exact) mass is 280 g/mol. The summed E-state index contributed by atoms with van der Waals surface area (Å²) < 4.78 is 25.5. The maximum atomic E-state index is 12.7. The van der Waals surface area contributed by atoms with Gasteiger partial charge in [-0.1, -0.05) is 17.7 Å². The van der Waals surface area contributed by atoms with Crippen molar-refractivity contribution < 1.29 is 18.8 Å². The van der Waals surface area contributed by atoms with Crippen LogP contribution in [0.1, 0.15) is 5.56 Å². The number of rotatable bonds is 6. The third-order valence-corrected chi connectivity index (χ3v) is 2.56. The number of aliphatic hydroxyl groups is 1. The second-order valence-electron chi connectivity index (χ2n) is 3.61. The summed E-state index contributed by atoms with van der Waals surface area (Å²) in [4.78, 5) is 10.1. The first-order valence-electron chi connectivity index (χ1n) is 4.98. The minimum absolute atomic E-state index is 0.129. The number of nitrogens with one attached hydrogen (secondary N) is 1. The Bertz CT molecular complexity index is 443. The Hall–Kier alpha value is -1.31. The molecule has 0 spiro atoms. The number of alkyl halides is 2. The molecule has 2 N–H and O–H groups in total. The van der Waals surface area contributed by atoms with Gasteiger partial charge in [-0.25, -0.2) is 8.78 Å². The number of nitro benzene ring substituents is 1. The molecule has 100 valence electrons. The molecule has 5 nitrogen and oxygen atoms in total. The molecule has 1 rings (SSSR count). The highest BCUT2D eigenvalue weighted by Crippen LogP contribution is 2.26. The van der Waals surface area contributed by atoms with Gasteiger partial charge in [-0.3, -0.25) is 10.1 Å². The third-order valence-electron chi connectivity index (χ3n) is 2.21. The van der Waals surface area contributed by atoms with Crippen molar-refractivity contribution in [3.63, 3.8) is 0 Å². The summed E-state index contributed by atoms with van der Waals surface area (Å²) in [6.45, 7) is -2.25. The van der Waals surface area contributed by atoms with Crippen LogP contribution in [0.25, 0.3) is 0 Å². The highest BCUT2D eigenvalue weighted by molar-refractivity contribution is 6.31. The fourth-order valence-electron chi connectivity index (χ4n) is 1.32. The minimum atomic E-state index is -3.27. The average molecular weight is 281 g/mol. The minimum Gasteiger partial charge on any atom is -0.390 e. The first-order valence-corrected chi connectivity index (χ1v) is 5.36. The molecule has 0 fully saturated rings. The molecule has 0 aromatic heterocycles. The third kappa shape index (κ3) is 3.86. The summed E-state index contributed by atoms with van der Waals surface area (Å²) in [5.74, 6) is -3.27. The fraction of sp³-hybridized carbons (Fsp3) is 0.400. The number of nitro groups is 1. The molecule has 1 aromatic carbocycles. The van der Waals surface area contributed by atoms with Crippen LogP contribution in [0.15, 0.2) is 18.2 Å². The van der Waals surface area contributed by atoms with Crippen molar-refractivity contribution in [1.82, 2.24) is 5.32 Å². The molecule has 8 heteroatoms. The van der Waals surface area contributed by atoms with Crippen molar-refractivity contribution in [3.05, 3.63) is 38.9 Å². The van der Waals surface area contributed by atoms with Gasteiger partial charge in [0.1, 0.15) is 6.61 Å². The zero-order valence-corrected chi connectivity index (χ0v) is 9.95. The van der Waals surface area contributed by atoms with Crippen LogP contribution in [0, 0.1) is 10.1 Å². The number of hydrogen-bond acceptors (Lipinski definition) is 4. The topological polar surface area (TPSA) is 75.4 Å². The lowest BCUT2D eigenvalue weighted by Gasteiger charge is -2.14. The lowest BCUT2D eigenvalue weighted by Crippen LogP contribution is -2.35. The molecular formula is C10H11ClF2N2O3.